The fourth-order valence-corrected chi connectivity index (χ4v) is 4.57. The highest BCUT2D eigenvalue weighted by atomic mass is 16.3. The van der Waals surface area contributed by atoms with Gasteiger partial charge in [0.1, 0.15) is 0 Å². The van der Waals surface area contributed by atoms with Gasteiger partial charge in [0.05, 0.1) is 5.60 Å². The molecule has 0 aromatic carbocycles. The Morgan fingerprint density at radius 1 is 1.12 bits per heavy atom. The monoisotopic (exact) mass is 239 g/mol. The van der Waals surface area contributed by atoms with E-state index >= 15 is 0 Å². The SMILES string of the molecule is CC1CCC(O)(C2(CN)CCC(C)C2)C(C)C1. The molecule has 0 spiro atoms. The molecular formula is C15H29NO. The summed E-state index contributed by atoms with van der Waals surface area (Å²) < 4.78 is 0. The van der Waals surface area contributed by atoms with Gasteiger partial charge in [-0.05, 0) is 49.9 Å². The molecule has 2 nitrogen and oxygen atoms in total. The molecule has 5 atom stereocenters. The lowest BCUT2D eigenvalue weighted by molar-refractivity contribution is -0.146. The van der Waals surface area contributed by atoms with E-state index in [1.807, 2.05) is 0 Å². The first-order chi connectivity index (χ1) is 7.93. The fraction of sp³-hybridized carbons (Fsp3) is 1.00. The Morgan fingerprint density at radius 3 is 2.24 bits per heavy atom. The average molecular weight is 239 g/mol. The van der Waals surface area contributed by atoms with Gasteiger partial charge >= 0.3 is 0 Å². The van der Waals surface area contributed by atoms with E-state index in [1.54, 1.807) is 0 Å². The van der Waals surface area contributed by atoms with Crippen molar-refractivity contribution < 1.29 is 5.11 Å². The largest absolute Gasteiger partial charge is 0.389 e. The number of hydrogen-bond donors (Lipinski definition) is 2. The summed E-state index contributed by atoms with van der Waals surface area (Å²) in [6.07, 6.45) is 6.77. The summed E-state index contributed by atoms with van der Waals surface area (Å²) in [5.41, 5.74) is 5.59. The van der Waals surface area contributed by atoms with Crippen molar-refractivity contribution in [2.45, 2.75) is 64.9 Å². The molecule has 5 unspecified atom stereocenters. The van der Waals surface area contributed by atoms with Crippen LogP contribution in [0.2, 0.25) is 0 Å². The quantitative estimate of drug-likeness (QED) is 0.778. The smallest absolute Gasteiger partial charge is 0.0741 e. The van der Waals surface area contributed by atoms with Gasteiger partial charge in [0.25, 0.3) is 0 Å². The van der Waals surface area contributed by atoms with E-state index in [0.29, 0.717) is 12.5 Å². The third-order valence-electron chi connectivity index (χ3n) is 5.75. The number of nitrogens with two attached hydrogens (primary N) is 1. The zero-order valence-electron chi connectivity index (χ0n) is 11.7. The zero-order valence-corrected chi connectivity index (χ0v) is 11.7. The summed E-state index contributed by atoms with van der Waals surface area (Å²) in [4.78, 5) is 0. The van der Waals surface area contributed by atoms with Crippen LogP contribution in [0.1, 0.15) is 59.3 Å². The first-order valence-electron chi connectivity index (χ1n) is 7.36. The lowest BCUT2D eigenvalue weighted by Gasteiger charge is -2.52. The zero-order chi connectivity index (χ0) is 12.7. The Labute approximate surface area is 106 Å². The summed E-state index contributed by atoms with van der Waals surface area (Å²) in [5, 5.41) is 11.2. The lowest BCUT2D eigenvalue weighted by Crippen LogP contribution is -2.57. The van der Waals surface area contributed by atoms with Gasteiger partial charge in [-0.1, -0.05) is 27.2 Å². The highest BCUT2D eigenvalue weighted by Gasteiger charge is 2.55. The summed E-state index contributed by atoms with van der Waals surface area (Å²) in [6.45, 7) is 7.50. The van der Waals surface area contributed by atoms with E-state index in [9.17, 15) is 5.11 Å². The van der Waals surface area contributed by atoms with E-state index in [2.05, 4.69) is 20.8 Å². The van der Waals surface area contributed by atoms with Gasteiger partial charge in [-0.3, -0.25) is 0 Å². The van der Waals surface area contributed by atoms with E-state index < -0.39 is 5.60 Å². The van der Waals surface area contributed by atoms with Crippen molar-refractivity contribution in [3.8, 4) is 0 Å². The minimum absolute atomic E-state index is 0.00593. The van der Waals surface area contributed by atoms with E-state index in [-0.39, 0.29) is 5.41 Å². The molecule has 0 aromatic heterocycles. The topological polar surface area (TPSA) is 46.2 Å². The van der Waals surface area contributed by atoms with Crippen LogP contribution in [0.3, 0.4) is 0 Å². The van der Waals surface area contributed by atoms with Crippen molar-refractivity contribution in [2.24, 2.45) is 28.9 Å². The molecule has 0 aliphatic heterocycles. The van der Waals surface area contributed by atoms with Crippen LogP contribution >= 0.6 is 0 Å². The van der Waals surface area contributed by atoms with Crippen LogP contribution in [0.4, 0.5) is 0 Å². The fourth-order valence-electron chi connectivity index (χ4n) is 4.57. The van der Waals surface area contributed by atoms with Crippen LogP contribution in [0, 0.1) is 23.2 Å². The Hall–Kier alpha value is -0.0800. The molecule has 2 saturated carbocycles. The van der Waals surface area contributed by atoms with Gasteiger partial charge < -0.3 is 10.8 Å². The maximum Gasteiger partial charge on any atom is 0.0741 e. The minimum atomic E-state index is -0.501. The molecule has 2 aliphatic rings. The molecule has 0 radical (unpaired) electrons. The predicted molar refractivity (Wildman–Crippen MR) is 71.6 cm³/mol. The van der Waals surface area contributed by atoms with Crippen LogP contribution in [-0.4, -0.2) is 17.3 Å². The molecule has 2 rings (SSSR count). The highest BCUT2D eigenvalue weighted by molar-refractivity contribution is 5.07. The van der Waals surface area contributed by atoms with Crippen LogP contribution in [0.15, 0.2) is 0 Å². The molecule has 0 bridgehead atoms. The Balaban J connectivity index is 2.23. The predicted octanol–water partition coefficient (Wildman–Crippen LogP) is 2.94. The van der Waals surface area contributed by atoms with E-state index in [0.717, 1.165) is 43.9 Å². The maximum atomic E-state index is 11.2. The molecule has 17 heavy (non-hydrogen) atoms. The summed E-state index contributed by atoms with van der Waals surface area (Å²) in [7, 11) is 0. The van der Waals surface area contributed by atoms with Gasteiger partial charge in [-0.2, -0.15) is 0 Å². The van der Waals surface area contributed by atoms with Crippen molar-refractivity contribution in [3.63, 3.8) is 0 Å². The summed E-state index contributed by atoms with van der Waals surface area (Å²) in [6, 6.07) is 0. The molecule has 2 fully saturated rings. The normalized spacial score (nSPS) is 51.7. The first-order valence-corrected chi connectivity index (χ1v) is 7.36. The second kappa shape index (κ2) is 4.55. The van der Waals surface area contributed by atoms with E-state index in [4.69, 9.17) is 5.73 Å². The molecule has 2 aliphatic carbocycles. The minimum Gasteiger partial charge on any atom is -0.389 e. The molecule has 3 N–H and O–H groups in total. The molecule has 0 aromatic rings. The molecule has 0 heterocycles. The van der Waals surface area contributed by atoms with Crippen LogP contribution in [-0.2, 0) is 0 Å². The van der Waals surface area contributed by atoms with Gasteiger partial charge in [0.2, 0.25) is 0 Å². The third-order valence-corrected chi connectivity index (χ3v) is 5.75. The van der Waals surface area contributed by atoms with Crippen LogP contribution in [0.25, 0.3) is 0 Å². The van der Waals surface area contributed by atoms with Gasteiger partial charge in [0.15, 0.2) is 0 Å². The summed E-state index contributed by atoms with van der Waals surface area (Å²) >= 11 is 0. The molecule has 0 saturated heterocycles. The Morgan fingerprint density at radius 2 is 1.76 bits per heavy atom. The molecule has 0 amide bonds. The summed E-state index contributed by atoms with van der Waals surface area (Å²) in [5.74, 6) is 1.90. The molecule has 2 heteroatoms. The van der Waals surface area contributed by atoms with Crippen LogP contribution in [0.5, 0.6) is 0 Å². The molecule has 100 valence electrons. The molecular weight excluding hydrogens is 210 g/mol. The first kappa shape index (κ1) is 13.4. The van der Waals surface area contributed by atoms with Crippen molar-refractivity contribution in [2.75, 3.05) is 6.54 Å². The Bertz CT molecular complexity index is 280. The van der Waals surface area contributed by atoms with Gasteiger partial charge in [0, 0.05) is 12.0 Å². The number of aliphatic hydroxyl groups is 1. The highest BCUT2D eigenvalue weighted by Crippen LogP contribution is 2.55. The Kier molecular flexibility index (Phi) is 3.57. The van der Waals surface area contributed by atoms with Crippen molar-refractivity contribution >= 4 is 0 Å². The second-order valence-corrected chi connectivity index (χ2v) is 7.04. The van der Waals surface area contributed by atoms with Gasteiger partial charge in [-0.25, -0.2) is 0 Å². The third kappa shape index (κ3) is 2.04. The van der Waals surface area contributed by atoms with Crippen molar-refractivity contribution in [1.29, 1.82) is 0 Å². The second-order valence-electron chi connectivity index (χ2n) is 7.04. The average Bonchev–Trinajstić information content (AvgIpc) is 2.68. The van der Waals surface area contributed by atoms with Gasteiger partial charge in [-0.15, -0.1) is 0 Å². The van der Waals surface area contributed by atoms with Crippen molar-refractivity contribution in [1.82, 2.24) is 0 Å². The standard InChI is InChI=1S/C15H29NO/c1-11-5-7-15(17,13(3)8-11)14(10-16)6-4-12(2)9-14/h11-13,17H,4-10,16H2,1-3H3. The number of hydrogen-bond acceptors (Lipinski definition) is 2. The van der Waals surface area contributed by atoms with Crippen LogP contribution < -0.4 is 5.73 Å². The van der Waals surface area contributed by atoms with Crippen molar-refractivity contribution in [3.05, 3.63) is 0 Å². The number of rotatable bonds is 2. The van der Waals surface area contributed by atoms with E-state index in [1.165, 1.54) is 6.42 Å². The lowest BCUT2D eigenvalue weighted by atomic mass is 9.58. The maximum absolute atomic E-state index is 11.2.